The van der Waals surface area contributed by atoms with Gasteiger partial charge in [0.25, 0.3) is 5.91 Å². The molecule has 0 spiro atoms. The number of pyridine rings is 1. The van der Waals surface area contributed by atoms with Crippen LogP contribution in [0.25, 0.3) is 0 Å². The maximum Gasteiger partial charge on any atom is 0.269 e. The lowest BCUT2D eigenvalue weighted by Crippen LogP contribution is -2.31. The molecule has 0 fully saturated rings. The summed E-state index contributed by atoms with van der Waals surface area (Å²) >= 11 is 5.83. The Morgan fingerprint density at radius 1 is 1.26 bits per heavy atom. The topological polar surface area (TPSA) is 125 Å². The molecule has 0 radical (unpaired) electrons. The fourth-order valence-electron chi connectivity index (χ4n) is 1.62. The van der Waals surface area contributed by atoms with Gasteiger partial charge < -0.3 is 10.4 Å². The van der Waals surface area contributed by atoms with E-state index in [0.717, 1.165) is 0 Å². The van der Waals surface area contributed by atoms with Crippen molar-refractivity contribution in [1.82, 2.24) is 25.4 Å². The molecule has 1 amide bonds. The van der Waals surface area contributed by atoms with Gasteiger partial charge in [-0.15, -0.1) is 0 Å². The average Bonchev–Trinajstić information content (AvgIpc) is 2.58. The molecular weight excluding hydrogens is 322 g/mol. The first-order valence-corrected chi connectivity index (χ1v) is 7.25. The number of rotatable bonds is 7. The first kappa shape index (κ1) is 16.8. The smallest absolute Gasteiger partial charge is 0.269 e. The van der Waals surface area contributed by atoms with Crippen LogP contribution >= 0.6 is 11.6 Å². The Morgan fingerprint density at radius 3 is 2.61 bits per heavy atom. The van der Waals surface area contributed by atoms with E-state index in [0.29, 0.717) is 12.0 Å². The van der Waals surface area contributed by atoms with E-state index in [1.165, 1.54) is 12.4 Å². The zero-order valence-corrected chi connectivity index (χ0v) is 13.1. The molecule has 9 nitrogen and oxygen atoms in total. The number of hydrogen-bond donors (Lipinski definition) is 4. The fraction of sp³-hybridized carbons (Fsp3) is 0.308. The number of amides is 1. The van der Waals surface area contributed by atoms with Gasteiger partial charge in [-0.05, 0) is 30.2 Å². The molecule has 1 unspecified atom stereocenters. The van der Waals surface area contributed by atoms with Crippen molar-refractivity contribution in [2.45, 2.75) is 19.4 Å². The van der Waals surface area contributed by atoms with Crippen molar-refractivity contribution >= 4 is 29.4 Å². The minimum absolute atomic E-state index is 0.0454. The summed E-state index contributed by atoms with van der Waals surface area (Å²) < 4.78 is 0. The Kier molecular flexibility index (Phi) is 6.01. The number of nitrogens with one attached hydrogen (secondary N) is 3. The zero-order valence-electron chi connectivity index (χ0n) is 12.3. The number of hydrazine groups is 1. The van der Waals surface area contributed by atoms with Crippen molar-refractivity contribution in [1.29, 1.82) is 0 Å². The third kappa shape index (κ3) is 5.01. The Morgan fingerprint density at radius 2 is 1.96 bits per heavy atom. The highest BCUT2D eigenvalue weighted by atomic mass is 35.5. The molecule has 1 atom stereocenters. The molecule has 2 aromatic rings. The highest BCUT2D eigenvalue weighted by Crippen LogP contribution is 2.10. The summed E-state index contributed by atoms with van der Waals surface area (Å²) in [5.41, 5.74) is 5.44. The average molecular weight is 338 g/mol. The number of anilines is 2. The minimum Gasteiger partial charge on any atom is -0.394 e. The van der Waals surface area contributed by atoms with E-state index in [9.17, 15) is 9.90 Å². The van der Waals surface area contributed by atoms with Crippen molar-refractivity contribution in [3.63, 3.8) is 0 Å². The van der Waals surface area contributed by atoms with E-state index in [1.807, 2.05) is 6.92 Å². The lowest BCUT2D eigenvalue weighted by molar-refractivity contribution is 0.0962. The zero-order chi connectivity index (χ0) is 16.7. The third-order valence-corrected chi connectivity index (χ3v) is 3.05. The van der Waals surface area contributed by atoms with Gasteiger partial charge in [-0.3, -0.25) is 20.6 Å². The van der Waals surface area contributed by atoms with Crippen molar-refractivity contribution in [2.75, 3.05) is 17.3 Å². The van der Waals surface area contributed by atoms with Crippen LogP contribution in [0.2, 0.25) is 5.28 Å². The van der Waals surface area contributed by atoms with Gasteiger partial charge in [0, 0.05) is 18.0 Å². The molecule has 2 heterocycles. The van der Waals surface area contributed by atoms with Crippen LogP contribution in [0, 0.1) is 0 Å². The van der Waals surface area contributed by atoms with Crippen LogP contribution in [0.5, 0.6) is 0 Å². The van der Waals surface area contributed by atoms with Gasteiger partial charge >= 0.3 is 0 Å². The van der Waals surface area contributed by atoms with E-state index < -0.39 is 0 Å². The molecule has 2 rings (SSSR count). The molecule has 0 aliphatic heterocycles. The van der Waals surface area contributed by atoms with Crippen LogP contribution in [0.15, 0.2) is 24.5 Å². The highest BCUT2D eigenvalue weighted by Gasteiger charge is 2.11. The van der Waals surface area contributed by atoms with Crippen LogP contribution in [0.1, 0.15) is 23.7 Å². The van der Waals surface area contributed by atoms with E-state index in [4.69, 9.17) is 11.6 Å². The SMILES string of the molecule is CCC(CO)Nc1nc(Cl)nc(NNC(=O)c2ccncc2)n1. The van der Waals surface area contributed by atoms with E-state index in [2.05, 4.69) is 36.1 Å². The van der Waals surface area contributed by atoms with Gasteiger partial charge in [-0.2, -0.15) is 15.0 Å². The monoisotopic (exact) mass is 337 g/mol. The summed E-state index contributed by atoms with van der Waals surface area (Å²) in [6.07, 6.45) is 3.70. The predicted octanol–water partition coefficient (Wildman–Crippen LogP) is 0.860. The Labute approximate surface area is 137 Å². The number of halogens is 1. The molecule has 0 saturated carbocycles. The molecule has 0 aliphatic carbocycles. The lowest BCUT2D eigenvalue weighted by Gasteiger charge is -2.14. The number of carbonyl (C=O) groups is 1. The molecule has 23 heavy (non-hydrogen) atoms. The number of aliphatic hydroxyl groups excluding tert-OH is 1. The standard InChI is InChI=1S/C13H16ClN7O2/c1-2-9(7-22)16-12-17-11(14)18-13(19-12)21-20-10(23)8-3-5-15-6-4-8/h3-6,9,22H,2,7H2,1H3,(H,20,23)(H2,16,17,18,19,21). The number of hydrogen-bond acceptors (Lipinski definition) is 8. The number of aliphatic hydroxyl groups is 1. The maximum atomic E-state index is 11.9. The van der Waals surface area contributed by atoms with Gasteiger partial charge in [-0.25, -0.2) is 0 Å². The van der Waals surface area contributed by atoms with Gasteiger partial charge in [0.2, 0.25) is 17.2 Å². The van der Waals surface area contributed by atoms with Crippen LogP contribution in [0.4, 0.5) is 11.9 Å². The molecular formula is C13H16ClN7O2. The number of carbonyl (C=O) groups excluding carboxylic acids is 1. The lowest BCUT2D eigenvalue weighted by atomic mass is 10.2. The van der Waals surface area contributed by atoms with Crippen LogP contribution < -0.4 is 16.2 Å². The molecule has 4 N–H and O–H groups in total. The molecule has 0 aliphatic rings. The number of nitrogens with zero attached hydrogens (tertiary/aromatic N) is 4. The van der Waals surface area contributed by atoms with E-state index in [1.54, 1.807) is 12.1 Å². The summed E-state index contributed by atoms with van der Waals surface area (Å²) in [5.74, 6) is -0.102. The fourth-order valence-corrected chi connectivity index (χ4v) is 1.78. The second-order valence-corrected chi connectivity index (χ2v) is 4.84. The van der Waals surface area contributed by atoms with Crippen molar-refractivity contribution in [2.24, 2.45) is 0 Å². The van der Waals surface area contributed by atoms with Gasteiger partial charge in [0.1, 0.15) is 0 Å². The molecule has 0 aromatic carbocycles. The Balaban J connectivity index is 2.02. The summed E-state index contributed by atoms with van der Waals surface area (Å²) in [5, 5.41) is 12.1. The van der Waals surface area contributed by atoms with Crippen LogP contribution in [-0.2, 0) is 0 Å². The molecule has 0 bridgehead atoms. The first-order valence-electron chi connectivity index (χ1n) is 6.87. The quantitative estimate of drug-likeness (QED) is 0.548. The second-order valence-electron chi connectivity index (χ2n) is 4.50. The second kappa shape index (κ2) is 8.20. The first-order chi connectivity index (χ1) is 11.1. The van der Waals surface area contributed by atoms with E-state index in [-0.39, 0.29) is 35.7 Å². The van der Waals surface area contributed by atoms with Crippen molar-refractivity contribution in [3.05, 3.63) is 35.4 Å². The molecule has 10 heteroatoms. The molecule has 122 valence electrons. The normalized spacial score (nSPS) is 11.6. The van der Waals surface area contributed by atoms with Crippen molar-refractivity contribution < 1.29 is 9.90 Å². The molecule has 2 aromatic heterocycles. The molecule has 0 saturated heterocycles. The van der Waals surface area contributed by atoms with Gasteiger partial charge in [0.15, 0.2) is 0 Å². The van der Waals surface area contributed by atoms with Gasteiger partial charge in [-0.1, -0.05) is 6.92 Å². The number of aromatic nitrogens is 4. The Bertz CT molecular complexity index is 652. The highest BCUT2D eigenvalue weighted by molar-refractivity contribution is 6.28. The Hall–Kier alpha value is -2.52. The van der Waals surface area contributed by atoms with Crippen molar-refractivity contribution in [3.8, 4) is 0 Å². The van der Waals surface area contributed by atoms with Gasteiger partial charge in [0.05, 0.1) is 12.6 Å². The summed E-state index contributed by atoms with van der Waals surface area (Å²) in [7, 11) is 0. The largest absolute Gasteiger partial charge is 0.394 e. The maximum absolute atomic E-state index is 11.9. The summed E-state index contributed by atoms with van der Waals surface area (Å²) in [4.78, 5) is 27.6. The van der Waals surface area contributed by atoms with Crippen LogP contribution in [-0.4, -0.2) is 43.6 Å². The summed E-state index contributed by atoms with van der Waals surface area (Å²) in [6, 6.07) is 2.93. The van der Waals surface area contributed by atoms with Crippen LogP contribution in [0.3, 0.4) is 0 Å². The third-order valence-electron chi connectivity index (χ3n) is 2.88. The predicted molar refractivity (Wildman–Crippen MR) is 85.0 cm³/mol. The van der Waals surface area contributed by atoms with E-state index >= 15 is 0 Å². The minimum atomic E-state index is -0.375. The summed E-state index contributed by atoms with van der Waals surface area (Å²) in [6.45, 7) is 1.84.